The van der Waals surface area contributed by atoms with Crippen LogP contribution in [0.3, 0.4) is 0 Å². The summed E-state index contributed by atoms with van der Waals surface area (Å²) in [5.74, 6) is 0. The van der Waals surface area contributed by atoms with E-state index in [-0.39, 0.29) is 0 Å². The molecule has 0 bridgehead atoms. The summed E-state index contributed by atoms with van der Waals surface area (Å²) < 4.78 is 0. The highest BCUT2D eigenvalue weighted by Crippen LogP contribution is 2.30. The van der Waals surface area contributed by atoms with Crippen molar-refractivity contribution in [1.82, 2.24) is 9.97 Å². The molecule has 2 aromatic heterocycles. The number of rotatable bonds is 3. The highest BCUT2D eigenvalue weighted by Gasteiger charge is 2.19. The summed E-state index contributed by atoms with van der Waals surface area (Å²) in [7, 11) is -0.701. The van der Waals surface area contributed by atoms with Crippen LogP contribution in [0.15, 0.2) is 66.7 Å². The standard InChI is InChI=1S/C18H17N2P/c1-14-8-6-12-17(19-14)21(16-10-4-3-5-11-16)18-13-7-9-15(2)20-18/h3-13H,1-2H3. The van der Waals surface area contributed by atoms with E-state index < -0.39 is 7.92 Å². The van der Waals surface area contributed by atoms with Gasteiger partial charge in [0, 0.05) is 19.3 Å². The lowest BCUT2D eigenvalue weighted by Gasteiger charge is -2.17. The quantitative estimate of drug-likeness (QED) is 0.694. The van der Waals surface area contributed by atoms with Crippen molar-refractivity contribution < 1.29 is 0 Å². The summed E-state index contributed by atoms with van der Waals surface area (Å²) >= 11 is 0. The first-order valence-electron chi connectivity index (χ1n) is 6.96. The van der Waals surface area contributed by atoms with E-state index in [1.807, 2.05) is 32.0 Å². The van der Waals surface area contributed by atoms with Crippen LogP contribution in [0.4, 0.5) is 0 Å². The molecule has 0 amide bonds. The first kappa shape index (κ1) is 13.9. The Bertz CT molecular complexity index is 695. The van der Waals surface area contributed by atoms with Crippen molar-refractivity contribution in [3.63, 3.8) is 0 Å². The molecule has 0 aliphatic rings. The van der Waals surface area contributed by atoms with Crippen molar-refractivity contribution >= 4 is 24.1 Å². The molecule has 21 heavy (non-hydrogen) atoms. The molecular formula is C18H17N2P. The first-order chi connectivity index (χ1) is 10.2. The van der Waals surface area contributed by atoms with E-state index in [1.165, 1.54) is 5.30 Å². The molecule has 0 unspecified atom stereocenters. The lowest BCUT2D eigenvalue weighted by molar-refractivity contribution is 1.23. The fourth-order valence-electron chi connectivity index (χ4n) is 2.27. The number of hydrogen-bond donors (Lipinski definition) is 0. The summed E-state index contributed by atoms with van der Waals surface area (Å²) in [6.07, 6.45) is 0. The molecule has 0 saturated carbocycles. The van der Waals surface area contributed by atoms with Gasteiger partial charge in [-0.1, -0.05) is 42.5 Å². The lowest BCUT2D eigenvalue weighted by atomic mass is 10.4. The average molecular weight is 292 g/mol. The number of aryl methyl sites for hydroxylation is 2. The fraction of sp³-hybridized carbons (Fsp3) is 0.111. The van der Waals surface area contributed by atoms with Crippen molar-refractivity contribution in [2.24, 2.45) is 0 Å². The lowest BCUT2D eigenvalue weighted by Crippen LogP contribution is -2.25. The van der Waals surface area contributed by atoms with Gasteiger partial charge in [-0.3, -0.25) is 9.97 Å². The van der Waals surface area contributed by atoms with Gasteiger partial charge in [-0.25, -0.2) is 0 Å². The van der Waals surface area contributed by atoms with Gasteiger partial charge in [-0.2, -0.15) is 0 Å². The first-order valence-corrected chi connectivity index (χ1v) is 8.31. The molecule has 3 heteroatoms. The van der Waals surface area contributed by atoms with Gasteiger partial charge in [0.1, 0.15) is 0 Å². The van der Waals surface area contributed by atoms with Crippen LogP contribution >= 0.6 is 7.92 Å². The number of benzene rings is 1. The zero-order valence-corrected chi connectivity index (χ0v) is 13.1. The summed E-state index contributed by atoms with van der Waals surface area (Å²) in [6, 6.07) is 23.0. The Kier molecular flexibility index (Phi) is 4.08. The number of aromatic nitrogens is 2. The normalized spacial score (nSPS) is 10.8. The Morgan fingerprint density at radius 2 is 1.14 bits per heavy atom. The van der Waals surface area contributed by atoms with Crippen molar-refractivity contribution in [2.45, 2.75) is 13.8 Å². The summed E-state index contributed by atoms with van der Waals surface area (Å²) in [5, 5.41) is 1.28. The maximum Gasteiger partial charge on any atom is 0.0740 e. The summed E-state index contributed by atoms with van der Waals surface area (Å²) in [4.78, 5) is 9.49. The summed E-state index contributed by atoms with van der Waals surface area (Å²) in [6.45, 7) is 4.07. The van der Waals surface area contributed by atoms with E-state index in [9.17, 15) is 0 Å². The zero-order chi connectivity index (χ0) is 14.7. The second kappa shape index (κ2) is 6.15. The molecule has 0 radical (unpaired) electrons. The Morgan fingerprint density at radius 3 is 1.62 bits per heavy atom. The maximum atomic E-state index is 4.74. The van der Waals surface area contributed by atoms with Gasteiger partial charge in [0.05, 0.1) is 10.9 Å². The Morgan fingerprint density at radius 1 is 0.619 bits per heavy atom. The minimum Gasteiger partial charge on any atom is -0.253 e. The minimum absolute atomic E-state index is 0.701. The van der Waals surface area contributed by atoms with Gasteiger partial charge >= 0.3 is 0 Å². The Labute approximate surface area is 126 Å². The predicted molar refractivity (Wildman–Crippen MR) is 90.2 cm³/mol. The largest absolute Gasteiger partial charge is 0.253 e. The van der Waals surface area contributed by atoms with Crippen LogP contribution in [-0.2, 0) is 0 Å². The fourth-order valence-corrected chi connectivity index (χ4v) is 4.49. The second-order valence-corrected chi connectivity index (χ2v) is 7.05. The molecule has 0 N–H and O–H groups in total. The van der Waals surface area contributed by atoms with E-state index in [0.717, 1.165) is 22.3 Å². The predicted octanol–water partition coefficient (Wildman–Crippen LogP) is 2.85. The molecule has 2 nitrogen and oxygen atoms in total. The average Bonchev–Trinajstić information content (AvgIpc) is 2.49. The van der Waals surface area contributed by atoms with E-state index in [4.69, 9.17) is 9.97 Å². The molecule has 1 aromatic carbocycles. The summed E-state index contributed by atoms with van der Waals surface area (Å²) in [5.41, 5.74) is 4.30. The van der Waals surface area contributed by atoms with Crippen molar-refractivity contribution in [3.05, 3.63) is 78.1 Å². The number of pyridine rings is 2. The molecule has 0 saturated heterocycles. The van der Waals surface area contributed by atoms with Crippen LogP contribution in [0.25, 0.3) is 0 Å². The van der Waals surface area contributed by atoms with E-state index >= 15 is 0 Å². The van der Waals surface area contributed by atoms with Gasteiger partial charge in [-0.15, -0.1) is 0 Å². The monoisotopic (exact) mass is 292 g/mol. The SMILES string of the molecule is Cc1cccc(P(c2ccccc2)c2cccc(C)n2)n1. The molecule has 0 atom stereocenters. The molecule has 3 rings (SSSR count). The van der Waals surface area contributed by atoms with Gasteiger partial charge in [0.15, 0.2) is 0 Å². The van der Waals surface area contributed by atoms with Gasteiger partial charge in [0.2, 0.25) is 0 Å². The van der Waals surface area contributed by atoms with Crippen molar-refractivity contribution in [2.75, 3.05) is 0 Å². The molecule has 0 aliphatic heterocycles. The van der Waals surface area contributed by atoms with Gasteiger partial charge < -0.3 is 0 Å². The maximum absolute atomic E-state index is 4.74. The number of nitrogens with zero attached hydrogens (tertiary/aromatic N) is 2. The van der Waals surface area contributed by atoms with E-state index in [2.05, 4.69) is 48.5 Å². The minimum atomic E-state index is -0.701. The topological polar surface area (TPSA) is 25.8 Å². The Balaban J connectivity index is 2.16. The van der Waals surface area contributed by atoms with Crippen LogP contribution in [-0.4, -0.2) is 9.97 Å². The zero-order valence-electron chi connectivity index (χ0n) is 12.2. The highest BCUT2D eigenvalue weighted by atomic mass is 31.1. The third-order valence-corrected chi connectivity index (χ3v) is 5.45. The third kappa shape index (κ3) is 3.17. The van der Waals surface area contributed by atoms with E-state index in [0.29, 0.717) is 0 Å². The molecule has 0 spiro atoms. The van der Waals surface area contributed by atoms with Crippen molar-refractivity contribution in [3.8, 4) is 0 Å². The molecule has 0 aliphatic carbocycles. The van der Waals surface area contributed by atoms with Crippen LogP contribution in [0.2, 0.25) is 0 Å². The molecule has 2 heterocycles. The van der Waals surface area contributed by atoms with Crippen LogP contribution in [0.1, 0.15) is 11.4 Å². The highest BCUT2D eigenvalue weighted by molar-refractivity contribution is 7.79. The molecule has 0 fully saturated rings. The third-order valence-electron chi connectivity index (χ3n) is 3.22. The van der Waals surface area contributed by atoms with Crippen LogP contribution < -0.4 is 16.2 Å². The second-order valence-electron chi connectivity index (χ2n) is 4.95. The van der Waals surface area contributed by atoms with Crippen LogP contribution in [0.5, 0.6) is 0 Å². The number of hydrogen-bond acceptors (Lipinski definition) is 2. The van der Waals surface area contributed by atoms with Crippen LogP contribution in [0, 0.1) is 13.8 Å². The molecular weight excluding hydrogens is 275 g/mol. The van der Waals surface area contributed by atoms with Crippen molar-refractivity contribution in [1.29, 1.82) is 0 Å². The van der Waals surface area contributed by atoms with E-state index in [1.54, 1.807) is 0 Å². The van der Waals surface area contributed by atoms with Gasteiger partial charge in [-0.05, 0) is 43.4 Å². The smallest absolute Gasteiger partial charge is 0.0740 e. The van der Waals surface area contributed by atoms with Gasteiger partial charge in [0.25, 0.3) is 0 Å². The molecule has 3 aromatic rings. The molecule has 104 valence electrons. The Hall–Kier alpha value is -2.05.